The Morgan fingerprint density at radius 1 is 1.19 bits per heavy atom. The van der Waals surface area contributed by atoms with Crippen LogP contribution in [0.4, 0.5) is 0 Å². The van der Waals surface area contributed by atoms with Gasteiger partial charge in [0, 0.05) is 35.3 Å². The molecule has 2 aromatic rings. The molecule has 1 fully saturated rings. The fourth-order valence-electron chi connectivity index (χ4n) is 3.59. The third-order valence-corrected chi connectivity index (χ3v) is 7.79. The lowest BCUT2D eigenvalue weighted by atomic mass is 9.99. The topological polar surface area (TPSA) is 37.4 Å². The second-order valence-corrected chi connectivity index (χ2v) is 9.44. The summed E-state index contributed by atoms with van der Waals surface area (Å²) in [7, 11) is -3.14. The molecule has 3 nitrogen and oxygen atoms in total. The van der Waals surface area contributed by atoms with Crippen molar-refractivity contribution in [3.63, 3.8) is 0 Å². The summed E-state index contributed by atoms with van der Waals surface area (Å²) in [6.07, 6.45) is 0. The Morgan fingerprint density at radius 2 is 2.00 bits per heavy atom. The van der Waals surface area contributed by atoms with Gasteiger partial charge < -0.3 is 0 Å². The summed E-state index contributed by atoms with van der Waals surface area (Å²) in [6.45, 7) is 4.47. The predicted octanol–water partition coefficient (Wildman–Crippen LogP) is 2.81. The van der Waals surface area contributed by atoms with Crippen LogP contribution in [0, 0.1) is 6.92 Å². The van der Waals surface area contributed by atoms with E-state index in [1.807, 2.05) is 18.2 Å². The maximum absolute atomic E-state index is 12.6. The summed E-state index contributed by atoms with van der Waals surface area (Å²) in [4.78, 5) is 5.47. The molecule has 2 atom stereocenters. The van der Waals surface area contributed by atoms with Crippen molar-refractivity contribution in [2.75, 3.05) is 13.1 Å². The monoisotopic (exact) mass is 319 g/mol. The lowest BCUT2D eigenvalue weighted by Gasteiger charge is -2.16. The van der Waals surface area contributed by atoms with Crippen LogP contribution in [0.5, 0.6) is 0 Å². The fourth-order valence-corrected chi connectivity index (χ4v) is 6.74. The number of fused-ring (bicyclic) bond motifs is 3. The third kappa shape index (κ3) is 2.06. The van der Waals surface area contributed by atoms with Crippen molar-refractivity contribution in [2.45, 2.75) is 29.5 Å². The summed E-state index contributed by atoms with van der Waals surface area (Å²) in [6, 6.07) is 11.8. The number of hydrogen-bond donors (Lipinski definition) is 0. The van der Waals surface area contributed by atoms with Gasteiger partial charge in [-0.2, -0.15) is 0 Å². The minimum atomic E-state index is -3.14. The first-order valence-electron chi connectivity index (χ1n) is 7.16. The molecule has 0 unspecified atom stereocenters. The van der Waals surface area contributed by atoms with Gasteiger partial charge in [0.25, 0.3) is 0 Å². The van der Waals surface area contributed by atoms with Crippen LogP contribution in [0.15, 0.2) is 41.3 Å². The summed E-state index contributed by atoms with van der Waals surface area (Å²) < 4.78 is 25.3. The number of hydrogen-bond acceptors (Lipinski definition) is 4. The van der Waals surface area contributed by atoms with Crippen LogP contribution in [0.1, 0.15) is 21.2 Å². The Bertz CT molecular complexity index is 794. The van der Waals surface area contributed by atoms with Crippen LogP contribution in [0.3, 0.4) is 0 Å². The number of likely N-dealkylation sites (tertiary alicyclic amines) is 1. The smallest absolute Gasteiger partial charge is 0.183 e. The van der Waals surface area contributed by atoms with Crippen LogP contribution in [0.25, 0.3) is 0 Å². The molecule has 0 spiro atoms. The second kappa shape index (κ2) is 4.66. The normalized spacial score (nSPS) is 26.7. The van der Waals surface area contributed by atoms with E-state index in [1.54, 1.807) is 17.4 Å². The van der Waals surface area contributed by atoms with Gasteiger partial charge in [0.2, 0.25) is 0 Å². The lowest BCUT2D eigenvalue weighted by Crippen LogP contribution is -2.25. The van der Waals surface area contributed by atoms with E-state index in [-0.39, 0.29) is 11.2 Å². The highest BCUT2D eigenvalue weighted by atomic mass is 32.2. The zero-order valence-electron chi connectivity index (χ0n) is 11.8. The molecule has 2 aliphatic heterocycles. The Hall–Kier alpha value is -1.17. The molecule has 0 aliphatic carbocycles. The van der Waals surface area contributed by atoms with Crippen molar-refractivity contribution in [3.05, 3.63) is 51.7 Å². The van der Waals surface area contributed by atoms with Crippen molar-refractivity contribution in [2.24, 2.45) is 0 Å². The van der Waals surface area contributed by atoms with E-state index in [4.69, 9.17) is 0 Å². The van der Waals surface area contributed by atoms with E-state index in [0.29, 0.717) is 11.4 Å². The van der Waals surface area contributed by atoms with Gasteiger partial charge in [-0.05, 0) is 30.7 Å². The lowest BCUT2D eigenvalue weighted by molar-refractivity contribution is 0.328. The summed E-state index contributed by atoms with van der Waals surface area (Å²) >= 11 is 1.80. The highest BCUT2D eigenvalue weighted by molar-refractivity contribution is 7.92. The summed E-state index contributed by atoms with van der Waals surface area (Å²) in [5.74, 6) is 0.146. The van der Waals surface area contributed by atoms with Crippen LogP contribution in [-0.2, 0) is 16.4 Å². The quantitative estimate of drug-likeness (QED) is 0.854. The van der Waals surface area contributed by atoms with E-state index in [9.17, 15) is 8.42 Å². The number of sulfone groups is 1. The van der Waals surface area contributed by atoms with Crippen LogP contribution in [0.2, 0.25) is 0 Å². The molecule has 0 radical (unpaired) electrons. The van der Waals surface area contributed by atoms with E-state index >= 15 is 0 Å². The average molecular weight is 319 g/mol. The molecular formula is C16H17NO2S2. The highest BCUT2D eigenvalue weighted by Crippen LogP contribution is 2.44. The standard InChI is InChI=1S/C16H17NO2S2/c1-11-6-7-12(20-11)8-17-9-14-13-4-2-3-5-15(13)21(18,19)16(14)10-17/h2-7,14,16H,8-10H2,1H3/t14-,16+/m1/s1. The SMILES string of the molecule is Cc1ccc(CN2C[C@@H]3c4ccccc4S(=O)(=O)[C@H]3C2)s1. The molecule has 3 heterocycles. The Labute approximate surface area is 129 Å². The van der Waals surface area contributed by atoms with Gasteiger partial charge in [-0.1, -0.05) is 18.2 Å². The molecular weight excluding hydrogens is 302 g/mol. The molecule has 0 N–H and O–H groups in total. The fraction of sp³-hybridized carbons (Fsp3) is 0.375. The summed E-state index contributed by atoms with van der Waals surface area (Å²) in [5.41, 5.74) is 1.02. The number of nitrogens with zero attached hydrogens (tertiary/aromatic N) is 1. The van der Waals surface area contributed by atoms with Gasteiger partial charge in [0.15, 0.2) is 9.84 Å². The van der Waals surface area contributed by atoms with Gasteiger partial charge >= 0.3 is 0 Å². The number of benzene rings is 1. The molecule has 0 saturated carbocycles. The summed E-state index contributed by atoms with van der Waals surface area (Å²) in [5, 5.41) is -0.254. The predicted molar refractivity (Wildman–Crippen MR) is 84.5 cm³/mol. The first-order chi connectivity index (χ1) is 10.1. The van der Waals surface area contributed by atoms with Gasteiger partial charge in [-0.25, -0.2) is 8.42 Å². The minimum absolute atomic E-state index is 0.146. The maximum atomic E-state index is 12.6. The Kier molecular flexibility index (Phi) is 3.00. The van der Waals surface area contributed by atoms with Crippen LogP contribution < -0.4 is 0 Å². The molecule has 1 saturated heterocycles. The van der Waals surface area contributed by atoms with E-state index < -0.39 is 9.84 Å². The molecule has 2 aliphatic rings. The molecule has 21 heavy (non-hydrogen) atoms. The van der Waals surface area contributed by atoms with Crippen molar-refractivity contribution >= 4 is 21.2 Å². The number of aryl methyl sites for hydroxylation is 1. The van der Waals surface area contributed by atoms with Crippen molar-refractivity contribution in [1.29, 1.82) is 0 Å². The Morgan fingerprint density at radius 3 is 2.76 bits per heavy atom. The van der Waals surface area contributed by atoms with E-state index in [1.165, 1.54) is 9.75 Å². The van der Waals surface area contributed by atoms with Crippen LogP contribution in [-0.4, -0.2) is 31.7 Å². The molecule has 0 bridgehead atoms. The molecule has 110 valence electrons. The molecule has 1 aromatic heterocycles. The maximum Gasteiger partial charge on any atom is 0.183 e. The van der Waals surface area contributed by atoms with Gasteiger partial charge in [-0.3, -0.25) is 4.90 Å². The van der Waals surface area contributed by atoms with Gasteiger partial charge in [-0.15, -0.1) is 11.3 Å². The number of rotatable bonds is 2. The zero-order valence-corrected chi connectivity index (χ0v) is 13.5. The first kappa shape index (κ1) is 13.5. The largest absolute Gasteiger partial charge is 0.296 e. The average Bonchev–Trinajstić information content (AvgIpc) is 3.10. The van der Waals surface area contributed by atoms with E-state index in [0.717, 1.165) is 18.7 Å². The molecule has 4 rings (SSSR count). The molecule has 5 heteroatoms. The van der Waals surface area contributed by atoms with Crippen molar-refractivity contribution in [3.8, 4) is 0 Å². The van der Waals surface area contributed by atoms with Crippen molar-refractivity contribution in [1.82, 2.24) is 4.90 Å². The Balaban J connectivity index is 1.62. The van der Waals surface area contributed by atoms with Crippen LogP contribution >= 0.6 is 11.3 Å². The van der Waals surface area contributed by atoms with E-state index in [2.05, 4.69) is 24.0 Å². The number of thiophene rings is 1. The van der Waals surface area contributed by atoms with Crippen molar-refractivity contribution < 1.29 is 8.42 Å². The highest BCUT2D eigenvalue weighted by Gasteiger charge is 2.49. The molecule has 1 aromatic carbocycles. The second-order valence-electron chi connectivity index (χ2n) is 5.93. The minimum Gasteiger partial charge on any atom is -0.296 e. The zero-order chi connectivity index (χ0) is 14.6. The molecule has 0 amide bonds. The third-order valence-electron chi connectivity index (χ3n) is 4.54. The first-order valence-corrected chi connectivity index (χ1v) is 9.52. The van der Waals surface area contributed by atoms with Gasteiger partial charge in [0.1, 0.15) is 0 Å². The van der Waals surface area contributed by atoms with Gasteiger partial charge in [0.05, 0.1) is 10.1 Å².